The van der Waals surface area contributed by atoms with E-state index in [9.17, 15) is 9.59 Å². The fourth-order valence-electron chi connectivity index (χ4n) is 3.86. The van der Waals surface area contributed by atoms with Crippen LogP contribution < -0.4 is 10.6 Å². The molecule has 7 nitrogen and oxygen atoms in total. The second-order valence-corrected chi connectivity index (χ2v) is 8.75. The second kappa shape index (κ2) is 11.3. The number of rotatable bonds is 9. The third kappa shape index (κ3) is 6.24. The number of oxazole rings is 1. The first-order valence-electron chi connectivity index (χ1n) is 11.5. The van der Waals surface area contributed by atoms with E-state index in [4.69, 9.17) is 20.8 Å². The van der Waals surface area contributed by atoms with Gasteiger partial charge in [0, 0.05) is 18.1 Å². The molecule has 2 N–H and O–H groups in total. The van der Waals surface area contributed by atoms with Gasteiger partial charge >= 0.3 is 0 Å². The van der Waals surface area contributed by atoms with E-state index < -0.39 is 6.10 Å². The quantitative estimate of drug-likeness (QED) is 0.445. The zero-order chi connectivity index (χ0) is 23.9. The summed E-state index contributed by atoms with van der Waals surface area (Å²) in [5.41, 5.74) is 3.10. The number of aryl methyl sites for hydroxylation is 2. The average molecular weight is 482 g/mol. The van der Waals surface area contributed by atoms with Gasteiger partial charge in [0.15, 0.2) is 0 Å². The Labute approximate surface area is 203 Å². The molecule has 0 bridgehead atoms. The zero-order valence-electron chi connectivity index (χ0n) is 19.1. The molecular weight excluding hydrogens is 454 g/mol. The lowest BCUT2D eigenvalue weighted by Crippen LogP contribution is -2.27. The SMILES string of the molecule is Cc1oc(-c2ccccc2NC(=O)C2CCCO2)nc1CNC(=O)CCCc1ccc(Cl)cc1. The largest absolute Gasteiger partial charge is 0.441 e. The molecule has 178 valence electrons. The van der Waals surface area contributed by atoms with Gasteiger partial charge in [-0.1, -0.05) is 35.9 Å². The van der Waals surface area contributed by atoms with E-state index in [0.29, 0.717) is 46.6 Å². The number of benzene rings is 2. The fourth-order valence-corrected chi connectivity index (χ4v) is 3.98. The minimum absolute atomic E-state index is 0.0397. The van der Waals surface area contributed by atoms with Crippen molar-refractivity contribution in [3.8, 4) is 11.5 Å². The van der Waals surface area contributed by atoms with Crippen LogP contribution in [-0.2, 0) is 27.3 Å². The molecule has 0 saturated carbocycles. The maximum Gasteiger partial charge on any atom is 0.253 e. The number of anilines is 1. The van der Waals surface area contributed by atoms with E-state index in [2.05, 4.69) is 15.6 Å². The molecule has 34 heavy (non-hydrogen) atoms. The Kier molecular flexibility index (Phi) is 7.98. The highest BCUT2D eigenvalue weighted by atomic mass is 35.5. The first-order valence-corrected chi connectivity index (χ1v) is 11.9. The van der Waals surface area contributed by atoms with Crippen LogP contribution in [0.1, 0.15) is 42.7 Å². The minimum atomic E-state index is -0.426. The summed E-state index contributed by atoms with van der Waals surface area (Å²) in [7, 11) is 0. The van der Waals surface area contributed by atoms with Crippen molar-refractivity contribution in [1.82, 2.24) is 10.3 Å². The third-order valence-corrected chi connectivity index (χ3v) is 6.02. The van der Waals surface area contributed by atoms with Gasteiger partial charge in [-0.25, -0.2) is 4.98 Å². The zero-order valence-corrected chi connectivity index (χ0v) is 19.9. The van der Waals surface area contributed by atoms with E-state index in [-0.39, 0.29) is 18.4 Å². The van der Waals surface area contributed by atoms with Crippen LogP contribution in [0.4, 0.5) is 5.69 Å². The summed E-state index contributed by atoms with van der Waals surface area (Å²) in [6, 6.07) is 15.0. The first-order chi connectivity index (χ1) is 16.5. The van der Waals surface area contributed by atoms with Crippen molar-refractivity contribution >= 4 is 29.1 Å². The lowest BCUT2D eigenvalue weighted by molar-refractivity contribution is -0.124. The van der Waals surface area contributed by atoms with Crippen LogP contribution >= 0.6 is 11.6 Å². The molecule has 1 saturated heterocycles. The summed E-state index contributed by atoms with van der Waals surface area (Å²) < 4.78 is 11.3. The number of amides is 2. The topological polar surface area (TPSA) is 93.5 Å². The molecule has 1 aliphatic heterocycles. The Bertz CT molecular complexity index is 1140. The molecule has 1 aliphatic rings. The van der Waals surface area contributed by atoms with E-state index in [0.717, 1.165) is 31.2 Å². The van der Waals surface area contributed by atoms with Gasteiger partial charge in [0.05, 0.1) is 17.8 Å². The number of aromatic nitrogens is 1. The number of para-hydroxylation sites is 1. The van der Waals surface area contributed by atoms with Crippen LogP contribution in [0.2, 0.25) is 5.02 Å². The van der Waals surface area contributed by atoms with Crippen LogP contribution in [0.15, 0.2) is 52.9 Å². The highest BCUT2D eigenvalue weighted by Crippen LogP contribution is 2.29. The van der Waals surface area contributed by atoms with E-state index in [1.165, 1.54) is 0 Å². The molecule has 3 aromatic rings. The second-order valence-electron chi connectivity index (χ2n) is 8.32. The molecule has 2 heterocycles. The van der Waals surface area contributed by atoms with Crippen molar-refractivity contribution in [2.75, 3.05) is 11.9 Å². The Morgan fingerprint density at radius 1 is 1.15 bits per heavy atom. The predicted octanol–water partition coefficient (Wildman–Crippen LogP) is 5.06. The lowest BCUT2D eigenvalue weighted by Gasteiger charge is -2.12. The smallest absolute Gasteiger partial charge is 0.253 e. The molecule has 8 heteroatoms. The Hall–Kier alpha value is -3.16. The van der Waals surface area contributed by atoms with Crippen molar-refractivity contribution < 1.29 is 18.7 Å². The van der Waals surface area contributed by atoms with Crippen LogP contribution in [0.5, 0.6) is 0 Å². The number of ether oxygens (including phenoxy) is 1. The average Bonchev–Trinajstić information content (AvgIpc) is 3.50. The standard InChI is InChI=1S/C26H28ClN3O4/c1-17-22(16-28-24(31)10-4-6-18-11-13-19(27)14-12-18)30-26(34-17)20-7-2-3-8-21(20)29-25(32)23-9-5-15-33-23/h2-3,7-8,11-14,23H,4-6,9-10,15-16H2,1H3,(H,28,31)(H,29,32). The number of hydrogen-bond acceptors (Lipinski definition) is 5. The minimum Gasteiger partial charge on any atom is -0.441 e. The monoisotopic (exact) mass is 481 g/mol. The molecule has 4 rings (SSSR count). The van der Waals surface area contributed by atoms with Crippen LogP contribution in [0.25, 0.3) is 11.5 Å². The molecule has 2 aromatic carbocycles. The summed E-state index contributed by atoms with van der Waals surface area (Å²) in [6.07, 6.45) is 3.15. The van der Waals surface area contributed by atoms with Gasteiger partial charge in [0.2, 0.25) is 11.8 Å². The summed E-state index contributed by atoms with van der Waals surface area (Å²) in [5, 5.41) is 6.55. The normalized spacial score (nSPS) is 15.3. The number of carbonyl (C=O) groups excluding carboxylic acids is 2. The van der Waals surface area contributed by atoms with Crippen molar-refractivity contribution in [2.24, 2.45) is 0 Å². The van der Waals surface area contributed by atoms with Gasteiger partial charge in [-0.3, -0.25) is 9.59 Å². The van der Waals surface area contributed by atoms with Crippen LogP contribution in [-0.4, -0.2) is 29.5 Å². The molecule has 0 aliphatic carbocycles. The molecular formula is C26H28ClN3O4. The maximum atomic E-state index is 12.5. The Balaban J connectivity index is 1.33. The summed E-state index contributed by atoms with van der Waals surface area (Å²) in [5.74, 6) is 0.811. The van der Waals surface area contributed by atoms with Gasteiger partial charge < -0.3 is 19.8 Å². The van der Waals surface area contributed by atoms with Gasteiger partial charge in [-0.15, -0.1) is 0 Å². The molecule has 2 amide bonds. The number of nitrogens with one attached hydrogen (secondary N) is 2. The molecule has 0 spiro atoms. The summed E-state index contributed by atoms with van der Waals surface area (Å²) in [6.45, 7) is 2.69. The van der Waals surface area contributed by atoms with Crippen LogP contribution in [0, 0.1) is 6.92 Å². The van der Waals surface area contributed by atoms with E-state index in [1.54, 1.807) is 0 Å². The molecule has 1 fully saturated rings. The predicted molar refractivity (Wildman–Crippen MR) is 131 cm³/mol. The highest BCUT2D eigenvalue weighted by Gasteiger charge is 2.25. The Morgan fingerprint density at radius 2 is 1.94 bits per heavy atom. The number of hydrogen-bond donors (Lipinski definition) is 2. The molecule has 0 radical (unpaired) electrons. The van der Waals surface area contributed by atoms with Gasteiger partial charge in [0.1, 0.15) is 17.6 Å². The number of halogens is 1. The number of nitrogens with zero attached hydrogens (tertiary/aromatic N) is 1. The first kappa shape index (κ1) is 24.0. The van der Waals surface area contributed by atoms with Gasteiger partial charge in [0.25, 0.3) is 5.91 Å². The lowest BCUT2D eigenvalue weighted by atomic mass is 10.1. The molecule has 1 aromatic heterocycles. The van der Waals surface area contributed by atoms with Gasteiger partial charge in [-0.2, -0.15) is 0 Å². The number of carbonyl (C=O) groups is 2. The van der Waals surface area contributed by atoms with E-state index >= 15 is 0 Å². The molecule has 1 atom stereocenters. The Morgan fingerprint density at radius 3 is 2.71 bits per heavy atom. The van der Waals surface area contributed by atoms with Crippen molar-refractivity contribution in [2.45, 2.75) is 51.7 Å². The van der Waals surface area contributed by atoms with E-state index in [1.807, 2.05) is 55.5 Å². The summed E-state index contributed by atoms with van der Waals surface area (Å²) in [4.78, 5) is 29.4. The van der Waals surface area contributed by atoms with Crippen LogP contribution in [0.3, 0.4) is 0 Å². The summed E-state index contributed by atoms with van der Waals surface area (Å²) >= 11 is 5.91. The van der Waals surface area contributed by atoms with Gasteiger partial charge in [-0.05, 0) is 62.4 Å². The fraction of sp³-hybridized carbons (Fsp3) is 0.346. The van der Waals surface area contributed by atoms with Crippen molar-refractivity contribution in [3.05, 3.63) is 70.6 Å². The van der Waals surface area contributed by atoms with Crippen molar-refractivity contribution in [3.63, 3.8) is 0 Å². The van der Waals surface area contributed by atoms with Crippen molar-refractivity contribution in [1.29, 1.82) is 0 Å². The third-order valence-electron chi connectivity index (χ3n) is 5.77. The molecule has 1 unspecified atom stereocenters. The highest BCUT2D eigenvalue weighted by molar-refractivity contribution is 6.30. The maximum absolute atomic E-state index is 12.5.